The van der Waals surface area contributed by atoms with E-state index in [0.29, 0.717) is 31.8 Å². The summed E-state index contributed by atoms with van der Waals surface area (Å²) < 4.78 is 29.9. The minimum atomic E-state index is -3.25. The number of pyridine rings is 1. The second-order valence-electron chi connectivity index (χ2n) is 8.59. The predicted octanol–water partition coefficient (Wildman–Crippen LogP) is 3.05. The van der Waals surface area contributed by atoms with E-state index >= 15 is 0 Å². The van der Waals surface area contributed by atoms with Crippen molar-refractivity contribution < 1.29 is 17.9 Å². The summed E-state index contributed by atoms with van der Waals surface area (Å²) in [5, 5.41) is 0. The summed E-state index contributed by atoms with van der Waals surface area (Å²) in [4.78, 5) is 22.2. The minimum absolute atomic E-state index is 0.0323. The van der Waals surface area contributed by atoms with Gasteiger partial charge in [-0.05, 0) is 41.5 Å². The Kier molecular flexibility index (Phi) is 5.64. The van der Waals surface area contributed by atoms with Crippen LogP contribution >= 0.6 is 0 Å². The first-order valence-corrected chi connectivity index (χ1v) is 12.8. The summed E-state index contributed by atoms with van der Waals surface area (Å²) in [6.07, 6.45) is 5.21. The Labute approximate surface area is 193 Å². The zero-order chi connectivity index (χ0) is 23.0. The molecule has 1 aromatic heterocycles. The normalized spacial score (nSPS) is 20.6. The molecule has 3 aromatic rings. The summed E-state index contributed by atoms with van der Waals surface area (Å²) in [5.41, 5.74) is 2.66. The number of carbonyl (C=O) groups is 1. The van der Waals surface area contributed by atoms with Gasteiger partial charge in [-0.1, -0.05) is 30.3 Å². The fraction of sp³-hybridized carbons (Fsp3) is 0.280. The number of hydrogen-bond donors (Lipinski definition) is 0. The number of hydrogen-bond acceptors (Lipinski definition) is 6. The standard InChI is InChI=1S/C25H25N3O4S/c1-33(30,31)21-10-8-18(9-11-21)15-27-17-20-13-23(27)25(29)28(16-19-5-4-12-26-14-19)22-6-2-3-7-24(22)32-20/h2-12,14,20,23H,13,15-17H2,1H3. The monoisotopic (exact) mass is 463 g/mol. The van der Waals surface area contributed by atoms with E-state index in [9.17, 15) is 13.2 Å². The summed E-state index contributed by atoms with van der Waals surface area (Å²) in [6.45, 7) is 1.57. The van der Waals surface area contributed by atoms with Gasteiger partial charge in [0.1, 0.15) is 11.9 Å². The van der Waals surface area contributed by atoms with Crippen molar-refractivity contribution in [3.05, 3.63) is 84.2 Å². The predicted molar refractivity (Wildman–Crippen MR) is 125 cm³/mol. The zero-order valence-electron chi connectivity index (χ0n) is 18.3. The second kappa shape index (κ2) is 8.61. The molecule has 0 spiro atoms. The van der Waals surface area contributed by atoms with E-state index in [1.807, 2.05) is 48.5 Å². The molecule has 33 heavy (non-hydrogen) atoms. The number of rotatable bonds is 5. The first-order valence-electron chi connectivity index (χ1n) is 10.9. The molecule has 8 heteroatoms. The highest BCUT2D eigenvalue weighted by Crippen LogP contribution is 2.37. The molecule has 5 rings (SSSR count). The summed E-state index contributed by atoms with van der Waals surface area (Å²) in [7, 11) is -3.25. The van der Waals surface area contributed by atoms with Crippen molar-refractivity contribution in [1.29, 1.82) is 0 Å². The molecular formula is C25H25N3O4S. The Morgan fingerprint density at radius 2 is 1.79 bits per heavy atom. The summed E-state index contributed by atoms with van der Waals surface area (Å²) >= 11 is 0. The van der Waals surface area contributed by atoms with Crippen molar-refractivity contribution in [2.75, 3.05) is 17.7 Å². The lowest BCUT2D eigenvalue weighted by Gasteiger charge is -2.32. The van der Waals surface area contributed by atoms with Gasteiger partial charge in [0.05, 0.1) is 23.2 Å². The Morgan fingerprint density at radius 1 is 1.00 bits per heavy atom. The van der Waals surface area contributed by atoms with Crippen LogP contribution in [0.2, 0.25) is 0 Å². The van der Waals surface area contributed by atoms with Crippen molar-refractivity contribution in [2.45, 2.75) is 36.6 Å². The first-order chi connectivity index (χ1) is 15.9. The van der Waals surface area contributed by atoms with Crippen LogP contribution in [0, 0.1) is 0 Å². The molecule has 7 nitrogen and oxygen atoms in total. The van der Waals surface area contributed by atoms with Crippen LogP contribution < -0.4 is 9.64 Å². The number of amides is 1. The lowest BCUT2D eigenvalue weighted by Crippen LogP contribution is -2.45. The van der Waals surface area contributed by atoms with Gasteiger partial charge in [-0.25, -0.2) is 8.42 Å². The van der Waals surface area contributed by atoms with E-state index < -0.39 is 9.84 Å². The van der Waals surface area contributed by atoms with Gasteiger partial charge < -0.3 is 9.64 Å². The van der Waals surface area contributed by atoms with Gasteiger partial charge in [0.15, 0.2) is 9.84 Å². The van der Waals surface area contributed by atoms with Gasteiger partial charge in [-0.2, -0.15) is 0 Å². The lowest BCUT2D eigenvalue weighted by atomic mass is 10.1. The van der Waals surface area contributed by atoms with E-state index in [1.54, 1.807) is 29.4 Å². The van der Waals surface area contributed by atoms with Gasteiger partial charge in [-0.15, -0.1) is 0 Å². The van der Waals surface area contributed by atoms with Crippen molar-refractivity contribution in [2.24, 2.45) is 0 Å². The number of benzene rings is 2. The van der Waals surface area contributed by atoms with Crippen molar-refractivity contribution in [3.63, 3.8) is 0 Å². The van der Waals surface area contributed by atoms with Gasteiger partial charge in [0.25, 0.3) is 0 Å². The molecular weight excluding hydrogens is 438 g/mol. The fourth-order valence-electron chi connectivity index (χ4n) is 4.55. The molecule has 2 aromatic carbocycles. The number of aromatic nitrogens is 1. The van der Waals surface area contributed by atoms with E-state index in [0.717, 1.165) is 16.8 Å². The molecule has 2 aliphatic heterocycles. The first kappa shape index (κ1) is 21.6. The Morgan fingerprint density at radius 3 is 2.52 bits per heavy atom. The maximum Gasteiger partial charge on any atom is 0.244 e. The summed E-state index contributed by atoms with van der Waals surface area (Å²) in [5.74, 6) is 0.738. The average Bonchev–Trinajstić information content (AvgIpc) is 3.20. The number of anilines is 1. The topological polar surface area (TPSA) is 79.8 Å². The Hall–Kier alpha value is -3.23. The Balaban J connectivity index is 1.44. The third-order valence-electron chi connectivity index (χ3n) is 6.17. The van der Waals surface area contributed by atoms with Crippen molar-refractivity contribution in [3.8, 4) is 5.75 Å². The number of likely N-dealkylation sites (tertiary alicyclic amines) is 1. The number of nitrogens with zero attached hydrogens (tertiary/aromatic N) is 3. The Bertz CT molecular complexity index is 1260. The molecule has 2 unspecified atom stereocenters. The number of ether oxygens (including phenoxy) is 1. The van der Waals surface area contributed by atoms with Crippen LogP contribution in [-0.2, 0) is 27.7 Å². The van der Waals surface area contributed by atoms with Crippen LogP contribution in [0.5, 0.6) is 5.75 Å². The van der Waals surface area contributed by atoms with E-state index in [1.165, 1.54) is 6.26 Å². The van der Waals surface area contributed by atoms with E-state index in [4.69, 9.17) is 4.74 Å². The van der Waals surface area contributed by atoms with Gasteiger partial charge in [0.2, 0.25) is 5.91 Å². The molecule has 0 radical (unpaired) electrons. The maximum absolute atomic E-state index is 13.8. The van der Waals surface area contributed by atoms with Gasteiger partial charge >= 0.3 is 0 Å². The highest BCUT2D eigenvalue weighted by Gasteiger charge is 2.42. The van der Waals surface area contributed by atoms with Crippen LogP contribution in [0.4, 0.5) is 5.69 Å². The fourth-order valence-corrected chi connectivity index (χ4v) is 5.18. The lowest BCUT2D eigenvalue weighted by molar-refractivity contribution is -0.123. The third-order valence-corrected chi connectivity index (χ3v) is 7.29. The van der Waals surface area contributed by atoms with Gasteiger partial charge in [-0.3, -0.25) is 14.7 Å². The van der Waals surface area contributed by atoms with Crippen LogP contribution in [0.1, 0.15) is 17.5 Å². The SMILES string of the molecule is CS(=O)(=O)c1ccc(CN2CC3CC2C(=O)N(Cc2cccnc2)c2ccccc2O3)cc1. The molecule has 1 saturated heterocycles. The molecule has 1 amide bonds. The largest absolute Gasteiger partial charge is 0.487 e. The highest BCUT2D eigenvalue weighted by atomic mass is 32.2. The number of carbonyl (C=O) groups excluding carboxylic acids is 1. The molecule has 0 aliphatic carbocycles. The number of fused-ring (bicyclic) bond motifs is 3. The minimum Gasteiger partial charge on any atom is -0.487 e. The molecule has 2 bridgehead atoms. The van der Waals surface area contributed by atoms with Crippen LogP contribution in [0.15, 0.2) is 78.0 Å². The smallest absolute Gasteiger partial charge is 0.244 e. The molecule has 0 saturated carbocycles. The van der Waals surface area contributed by atoms with Crippen LogP contribution in [-0.4, -0.2) is 49.2 Å². The maximum atomic E-state index is 13.8. The highest BCUT2D eigenvalue weighted by molar-refractivity contribution is 7.90. The third kappa shape index (κ3) is 4.49. The summed E-state index contributed by atoms with van der Waals surface area (Å²) in [6, 6.07) is 18.0. The molecule has 3 heterocycles. The molecule has 2 aliphatic rings. The number of para-hydroxylation sites is 2. The van der Waals surface area contributed by atoms with E-state index in [2.05, 4.69) is 9.88 Å². The molecule has 2 atom stereocenters. The quantitative estimate of drug-likeness (QED) is 0.579. The molecule has 170 valence electrons. The van der Waals surface area contributed by atoms with Gasteiger partial charge in [0, 0.05) is 38.2 Å². The van der Waals surface area contributed by atoms with E-state index in [-0.39, 0.29) is 22.9 Å². The number of sulfone groups is 1. The van der Waals surface area contributed by atoms with Crippen LogP contribution in [0.3, 0.4) is 0 Å². The van der Waals surface area contributed by atoms with Crippen molar-refractivity contribution >= 4 is 21.4 Å². The molecule has 1 fully saturated rings. The zero-order valence-corrected chi connectivity index (χ0v) is 19.1. The average molecular weight is 464 g/mol. The van der Waals surface area contributed by atoms with Crippen LogP contribution in [0.25, 0.3) is 0 Å². The second-order valence-corrected chi connectivity index (χ2v) is 10.6. The molecule has 0 N–H and O–H groups in total. The van der Waals surface area contributed by atoms with Crippen molar-refractivity contribution in [1.82, 2.24) is 9.88 Å².